The fraction of sp³-hybridized carbons (Fsp3) is 1.00. The first kappa shape index (κ1) is 14.9. The molecule has 3 nitrogen and oxygen atoms in total. The number of nitrogens with zero attached hydrogens (tertiary/aromatic N) is 1. The molecule has 3 heteroatoms. The van der Waals surface area contributed by atoms with E-state index in [-0.39, 0.29) is 0 Å². The molecule has 0 amide bonds. The normalized spacial score (nSPS) is 22.2. The van der Waals surface area contributed by atoms with Gasteiger partial charge in [0.15, 0.2) is 0 Å². The molecule has 0 aliphatic carbocycles. The highest BCUT2D eigenvalue weighted by Crippen LogP contribution is 2.16. The number of nitrogens with one attached hydrogen (secondary N) is 1. The minimum Gasteiger partial charge on any atom is -0.380 e. The fourth-order valence-corrected chi connectivity index (χ4v) is 2.45. The Labute approximate surface area is 107 Å². The standard InChI is InChI=1S/C14H30N2O/c1-4-17-10-9-16-8-6-5-7-14(16)12-15-11-13(2)3/h13-15H,4-12H2,1-3H3. The maximum atomic E-state index is 5.47. The third-order valence-electron chi connectivity index (χ3n) is 3.41. The lowest BCUT2D eigenvalue weighted by Crippen LogP contribution is -2.47. The minimum atomic E-state index is 0.725. The summed E-state index contributed by atoms with van der Waals surface area (Å²) in [5, 5.41) is 3.59. The van der Waals surface area contributed by atoms with Crippen LogP contribution in [0.2, 0.25) is 0 Å². The van der Waals surface area contributed by atoms with E-state index in [4.69, 9.17) is 4.74 Å². The van der Waals surface area contributed by atoms with Gasteiger partial charge in [-0.1, -0.05) is 20.3 Å². The van der Waals surface area contributed by atoms with Crippen LogP contribution >= 0.6 is 0 Å². The lowest BCUT2D eigenvalue weighted by atomic mass is 10.0. The second-order valence-corrected chi connectivity index (χ2v) is 5.43. The molecule has 0 radical (unpaired) electrons. The Balaban J connectivity index is 2.22. The summed E-state index contributed by atoms with van der Waals surface area (Å²) in [6, 6.07) is 0.725. The van der Waals surface area contributed by atoms with Crippen molar-refractivity contribution in [3.8, 4) is 0 Å². The minimum absolute atomic E-state index is 0.725. The Morgan fingerprint density at radius 1 is 1.35 bits per heavy atom. The van der Waals surface area contributed by atoms with Crippen LogP contribution in [-0.2, 0) is 4.74 Å². The summed E-state index contributed by atoms with van der Waals surface area (Å²) in [7, 11) is 0. The van der Waals surface area contributed by atoms with Crippen LogP contribution in [0, 0.1) is 5.92 Å². The van der Waals surface area contributed by atoms with E-state index in [0.29, 0.717) is 0 Å². The molecule has 1 aliphatic rings. The Hall–Kier alpha value is -0.120. The second kappa shape index (κ2) is 8.90. The van der Waals surface area contributed by atoms with Gasteiger partial charge in [-0.05, 0) is 38.8 Å². The average Bonchev–Trinajstić information content (AvgIpc) is 2.31. The maximum Gasteiger partial charge on any atom is 0.0593 e. The van der Waals surface area contributed by atoms with Crippen molar-refractivity contribution >= 4 is 0 Å². The lowest BCUT2D eigenvalue weighted by Gasteiger charge is -2.36. The first-order chi connectivity index (χ1) is 8.24. The molecule has 1 heterocycles. The van der Waals surface area contributed by atoms with Crippen LogP contribution in [0.25, 0.3) is 0 Å². The summed E-state index contributed by atoms with van der Waals surface area (Å²) >= 11 is 0. The maximum absolute atomic E-state index is 5.47. The molecule has 1 fully saturated rings. The van der Waals surface area contributed by atoms with Crippen molar-refractivity contribution in [3.05, 3.63) is 0 Å². The van der Waals surface area contributed by atoms with Crippen LogP contribution in [0.1, 0.15) is 40.0 Å². The quantitative estimate of drug-likeness (QED) is 0.660. The van der Waals surface area contributed by atoms with Crippen LogP contribution in [0.5, 0.6) is 0 Å². The number of hydrogen-bond donors (Lipinski definition) is 1. The zero-order valence-electron chi connectivity index (χ0n) is 11.9. The van der Waals surface area contributed by atoms with E-state index in [0.717, 1.165) is 44.8 Å². The predicted molar refractivity (Wildman–Crippen MR) is 73.4 cm³/mol. The first-order valence-electron chi connectivity index (χ1n) is 7.26. The monoisotopic (exact) mass is 242 g/mol. The van der Waals surface area contributed by atoms with Crippen molar-refractivity contribution in [3.63, 3.8) is 0 Å². The first-order valence-corrected chi connectivity index (χ1v) is 7.26. The van der Waals surface area contributed by atoms with E-state index < -0.39 is 0 Å². The van der Waals surface area contributed by atoms with Gasteiger partial charge in [0.05, 0.1) is 6.61 Å². The van der Waals surface area contributed by atoms with E-state index in [2.05, 4.69) is 31.0 Å². The van der Waals surface area contributed by atoms with Gasteiger partial charge in [-0.15, -0.1) is 0 Å². The molecule has 1 aliphatic heterocycles. The fourth-order valence-electron chi connectivity index (χ4n) is 2.45. The Kier molecular flexibility index (Phi) is 7.82. The van der Waals surface area contributed by atoms with Crippen molar-refractivity contribution in [1.29, 1.82) is 0 Å². The largest absolute Gasteiger partial charge is 0.380 e. The van der Waals surface area contributed by atoms with Gasteiger partial charge >= 0.3 is 0 Å². The van der Waals surface area contributed by atoms with Crippen LogP contribution in [-0.4, -0.2) is 50.3 Å². The van der Waals surface area contributed by atoms with Gasteiger partial charge < -0.3 is 10.1 Å². The molecule has 1 rings (SSSR count). The molecule has 0 aromatic rings. The van der Waals surface area contributed by atoms with Gasteiger partial charge in [-0.25, -0.2) is 0 Å². The number of rotatable bonds is 8. The Bertz CT molecular complexity index is 185. The molecule has 0 aromatic carbocycles. The molecule has 0 bridgehead atoms. The van der Waals surface area contributed by atoms with Crippen molar-refractivity contribution < 1.29 is 4.74 Å². The number of hydrogen-bond acceptors (Lipinski definition) is 3. The molecule has 1 N–H and O–H groups in total. The topological polar surface area (TPSA) is 24.5 Å². The number of likely N-dealkylation sites (tertiary alicyclic amines) is 1. The van der Waals surface area contributed by atoms with Gasteiger partial charge in [0, 0.05) is 25.7 Å². The molecule has 1 saturated heterocycles. The summed E-state index contributed by atoms with van der Waals surface area (Å²) in [5.74, 6) is 0.746. The van der Waals surface area contributed by atoms with E-state index in [1.54, 1.807) is 0 Å². The Morgan fingerprint density at radius 2 is 2.18 bits per heavy atom. The van der Waals surface area contributed by atoms with Crippen molar-refractivity contribution in [2.75, 3.05) is 39.4 Å². The highest BCUT2D eigenvalue weighted by atomic mass is 16.5. The highest BCUT2D eigenvalue weighted by Gasteiger charge is 2.21. The molecule has 1 atom stereocenters. The van der Waals surface area contributed by atoms with E-state index in [1.807, 2.05) is 0 Å². The zero-order chi connectivity index (χ0) is 12.5. The molecule has 1 unspecified atom stereocenters. The van der Waals surface area contributed by atoms with Crippen molar-refractivity contribution in [1.82, 2.24) is 10.2 Å². The summed E-state index contributed by atoms with van der Waals surface area (Å²) in [5.41, 5.74) is 0. The van der Waals surface area contributed by atoms with E-state index in [9.17, 15) is 0 Å². The molecular formula is C14H30N2O. The van der Waals surface area contributed by atoms with Gasteiger partial charge in [-0.3, -0.25) is 4.90 Å². The lowest BCUT2D eigenvalue weighted by molar-refractivity contribution is 0.0769. The summed E-state index contributed by atoms with van der Waals surface area (Å²) in [6.07, 6.45) is 4.09. The van der Waals surface area contributed by atoms with Crippen LogP contribution in [0.15, 0.2) is 0 Å². The van der Waals surface area contributed by atoms with Gasteiger partial charge in [0.1, 0.15) is 0 Å². The SMILES string of the molecule is CCOCCN1CCCCC1CNCC(C)C. The zero-order valence-corrected chi connectivity index (χ0v) is 11.9. The molecule has 0 spiro atoms. The summed E-state index contributed by atoms with van der Waals surface area (Å²) in [6.45, 7) is 12.9. The molecule has 102 valence electrons. The molecule has 0 aromatic heterocycles. The number of piperidine rings is 1. The van der Waals surface area contributed by atoms with E-state index in [1.165, 1.54) is 25.8 Å². The molecular weight excluding hydrogens is 212 g/mol. The smallest absolute Gasteiger partial charge is 0.0593 e. The Morgan fingerprint density at radius 3 is 2.88 bits per heavy atom. The molecule has 17 heavy (non-hydrogen) atoms. The highest BCUT2D eigenvalue weighted by molar-refractivity contribution is 4.78. The summed E-state index contributed by atoms with van der Waals surface area (Å²) in [4.78, 5) is 2.60. The van der Waals surface area contributed by atoms with Crippen molar-refractivity contribution in [2.24, 2.45) is 5.92 Å². The van der Waals surface area contributed by atoms with E-state index >= 15 is 0 Å². The predicted octanol–water partition coefficient (Wildman–Crippen LogP) is 2.12. The van der Waals surface area contributed by atoms with Gasteiger partial charge in [0.25, 0.3) is 0 Å². The summed E-state index contributed by atoms with van der Waals surface area (Å²) < 4.78 is 5.47. The number of ether oxygens (including phenoxy) is 1. The van der Waals surface area contributed by atoms with Crippen LogP contribution < -0.4 is 5.32 Å². The van der Waals surface area contributed by atoms with Crippen LogP contribution in [0.3, 0.4) is 0 Å². The van der Waals surface area contributed by atoms with Crippen molar-refractivity contribution in [2.45, 2.75) is 46.1 Å². The third-order valence-corrected chi connectivity index (χ3v) is 3.41. The van der Waals surface area contributed by atoms with Gasteiger partial charge in [0.2, 0.25) is 0 Å². The average molecular weight is 242 g/mol. The second-order valence-electron chi connectivity index (χ2n) is 5.43. The van der Waals surface area contributed by atoms with Gasteiger partial charge in [-0.2, -0.15) is 0 Å². The van der Waals surface area contributed by atoms with Crippen LogP contribution in [0.4, 0.5) is 0 Å². The molecule has 0 saturated carbocycles. The third kappa shape index (κ3) is 6.39.